The van der Waals surface area contributed by atoms with Gasteiger partial charge in [-0.25, -0.2) is 0 Å². The average molecular weight is 322 g/mol. The SMILES string of the molecule is Cc1ccc2[nH]c(C(=O)Nc3ccccc3OC(C)C)c(C)c2c1. The van der Waals surface area contributed by atoms with Crippen molar-refractivity contribution in [3.63, 3.8) is 0 Å². The van der Waals surface area contributed by atoms with E-state index in [1.165, 1.54) is 5.56 Å². The van der Waals surface area contributed by atoms with Gasteiger partial charge in [-0.15, -0.1) is 0 Å². The molecule has 3 aromatic rings. The molecule has 124 valence electrons. The molecule has 0 spiro atoms. The van der Waals surface area contributed by atoms with Gasteiger partial charge in [0.2, 0.25) is 0 Å². The zero-order valence-corrected chi connectivity index (χ0v) is 14.4. The Balaban J connectivity index is 1.92. The molecule has 0 saturated heterocycles. The van der Waals surface area contributed by atoms with Crippen molar-refractivity contribution in [1.82, 2.24) is 4.98 Å². The quantitative estimate of drug-likeness (QED) is 0.723. The molecule has 0 unspecified atom stereocenters. The summed E-state index contributed by atoms with van der Waals surface area (Å²) in [4.78, 5) is 15.9. The third-order valence-electron chi connectivity index (χ3n) is 3.94. The molecule has 2 aromatic carbocycles. The number of anilines is 1. The Morgan fingerprint density at radius 2 is 1.88 bits per heavy atom. The summed E-state index contributed by atoms with van der Waals surface area (Å²) < 4.78 is 5.76. The van der Waals surface area contributed by atoms with Gasteiger partial charge in [-0.3, -0.25) is 4.79 Å². The van der Waals surface area contributed by atoms with Crippen molar-refractivity contribution in [2.24, 2.45) is 0 Å². The van der Waals surface area contributed by atoms with Crippen LogP contribution in [0.3, 0.4) is 0 Å². The van der Waals surface area contributed by atoms with Gasteiger partial charge in [0.1, 0.15) is 11.4 Å². The normalized spacial score (nSPS) is 11.0. The van der Waals surface area contributed by atoms with E-state index in [4.69, 9.17) is 4.74 Å². The summed E-state index contributed by atoms with van der Waals surface area (Å²) in [6.07, 6.45) is 0.0424. The van der Waals surface area contributed by atoms with Crippen LogP contribution in [0.1, 0.15) is 35.5 Å². The number of carbonyl (C=O) groups is 1. The summed E-state index contributed by atoms with van der Waals surface area (Å²) in [6.45, 7) is 7.93. The average Bonchev–Trinajstić information content (AvgIpc) is 2.85. The van der Waals surface area contributed by atoms with E-state index in [-0.39, 0.29) is 12.0 Å². The fourth-order valence-electron chi connectivity index (χ4n) is 2.78. The Morgan fingerprint density at radius 3 is 2.62 bits per heavy atom. The number of hydrogen-bond donors (Lipinski definition) is 2. The highest BCUT2D eigenvalue weighted by atomic mass is 16.5. The van der Waals surface area contributed by atoms with Crippen molar-refractivity contribution >= 4 is 22.5 Å². The van der Waals surface area contributed by atoms with E-state index in [1.807, 2.05) is 64.1 Å². The molecule has 1 amide bonds. The van der Waals surface area contributed by atoms with Crippen molar-refractivity contribution in [3.05, 3.63) is 59.3 Å². The monoisotopic (exact) mass is 322 g/mol. The second kappa shape index (κ2) is 6.40. The highest BCUT2D eigenvalue weighted by Crippen LogP contribution is 2.27. The van der Waals surface area contributed by atoms with Crippen LogP contribution in [0, 0.1) is 13.8 Å². The first-order valence-corrected chi connectivity index (χ1v) is 8.11. The molecule has 1 aromatic heterocycles. The molecule has 0 radical (unpaired) electrons. The molecule has 4 nitrogen and oxygen atoms in total. The maximum Gasteiger partial charge on any atom is 0.272 e. The van der Waals surface area contributed by atoms with Gasteiger partial charge in [0.05, 0.1) is 11.8 Å². The van der Waals surface area contributed by atoms with Gasteiger partial charge in [-0.05, 0) is 57.5 Å². The zero-order chi connectivity index (χ0) is 17.3. The molecule has 0 aliphatic carbocycles. The van der Waals surface area contributed by atoms with Crippen LogP contribution in [-0.2, 0) is 0 Å². The van der Waals surface area contributed by atoms with Crippen LogP contribution in [0.25, 0.3) is 10.9 Å². The van der Waals surface area contributed by atoms with Gasteiger partial charge in [0.25, 0.3) is 5.91 Å². The first-order valence-electron chi connectivity index (χ1n) is 8.11. The van der Waals surface area contributed by atoms with E-state index < -0.39 is 0 Å². The Morgan fingerprint density at radius 1 is 1.12 bits per heavy atom. The second-order valence-corrected chi connectivity index (χ2v) is 6.29. The van der Waals surface area contributed by atoms with E-state index >= 15 is 0 Å². The van der Waals surface area contributed by atoms with Gasteiger partial charge < -0.3 is 15.0 Å². The molecular formula is C20H22N2O2. The summed E-state index contributed by atoms with van der Waals surface area (Å²) in [5.74, 6) is 0.506. The number of H-pyrrole nitrogens is 1. The molecule has 0 bridgehead atoms. The topological polar surface area (TPSA) is 54.1 Å². The number of amides is 1. The number of aryl methyl sites for hydroxylation is 2. The van der Waals surface area contributed by atoms with Crippen LogP contribution in [-0.4, -0.2) is 17.0 Å². The smallest absolute Gasteiger partial charge is 0.272 e. The van der Waals surface area contributed by atoms with E-state index in [0.717, 1.165) is 16.5 Å². The summed E-state index contributed by atoms with van der Waals surface area (Å²) in [6, 6.07) is 13.6. The lowest BCUT2D eigenvalue weighted by Gasteiger charge is -2.14. The van der Waals surface area contributed by atoms with Gasteiger partial charge in [-0.2, -0.15) is 0 Å². The number of para-hydroxylation sites is 2. The third kappa shape index (κ3) is 3.13. The van der Waals surface area contributed by atoms with E-state index in [2.05, 4.69) is 16.4 Å². The molecule has 0 atom stereocenters. The maximum absolute atomic E-state index is 12.7. The largest absolute Gasteiger partial charge is 0.489 e. The standard InChI is InChI=1S/C20H22N2O2/c1-12(2)24-18-8-6-5-7-17(18)22-20(23)19-14(4)15-11-13(3)9-10-16(15)21-19/h5-12,21H,1-4H3,(H,22,23). The fraction of sp³-hybridized carbons (Fsp3) is 0.250. The minimum atomic E-state index is -0.166. The van der Waals surface area contributed by atoms with Crippen LogP contribution >= 0.6 is 0 Å². The first-order chi connectivity index (χ1) is 11.5. The second-order valence-electron chi connectivity index (χ2n) is 6.29. The highest BCUT2D eigenvalue weighted by molar-refractivity contribution is 6.08. The Kier molecular flexibility index (Phi) is 4.30. The molecular weight excluding hydrogens is 300 g/mol. The number of nitrogens with one attached hydrogen (secondary N) is 2. The molecule has 0 aliphatic rings. The summed E-state index contributed by atoms with van der Waals surface area (Å²) in [7, 11) is 0. The van der Waals surface area contributed by atoms with Gasteiger partial charge in [0, 0.05) is 10.9 Å². The molecule has 0 fully saturated rings. The highest BCUT2D eigenvalue weighted by Gasteiger charge is 2.16. The number of carbonyl (C=O) groups excluding carboxylic acids is 1. The number of aromatic amines is 1. The Labute approximate surface area is 141 Å². The van der Waals surface area contributed by atoms with Crippen molar-refractivity contribution in [1.29, 1.82) is 0 Å². The van der Waals surface area contributed by atoms with Crippen molar-refractivity contribution in [3.8, 4) is 5.75 Å². The van der Waals surface area contributed by atoms with Crippen molar-refractivity contribution in [2.75, 3.05) is 5.32 Å². The van der Waals surface area contributed by atoms with Gasteiger partial charge in [0.15, 0.2) is 0 Å². The van der Waals surface area contributed by atoms with Crippen LogP contribution in [0.5, 0.6) is 5.75 Å². The fourth-order valence-corrected chi connectivity index (χ4v) is 2.78. The predicted molar refractivity (Wildman–Crippen MR) is 97.9 cm³/mol. The number of fused-ring (bicyclic) bond motifs is 1. The van der Waals surface area contributed by atoms with Crippen LogP contribution < -0.4 is 10.1 Å². The lowest BCUT2D eigenvalue weighted by atomic mass is 10.1. The lowest BCUT2D eigenvalue weighted by Crippen LogP contribution is -2.15. The van der Waals surface area contributed by atoms with Crippen LogP contribution in [0.4, 0.5) is 5.69 Å². The number of ether oxygens (including phenoxy) is 1. The number of rotatable bonds is 4. The molecule has 0 saturated carbocycles. The minimum Gasteiger partial charge on any atom is -0.489 e. The summed E-state index contributed by atoms with van der Waals surface area (Å²) >= 11 is 0. The van der Waals surface area contributed by atoms with Crippen molar-refractivity contribution in [2.45, 2.75) is 33.8 Å². The number of benzene rings is 2. The van der Waals surface area contributed by atoms with E-state index in [1.54, 1.807) is 0 Å². The predicted octanol–water partition coefficient (Wildman–Crippen LogP) is 4.82. The lowest BCUT2D eigenvalue weighted by molar-refractivity contribution is 0.102. The van der Waals surface area contributed by atoms with E-state index in [9.17, 15) is 4.79 Å². The van der Waals surface area contributed by atoms with Gasteiger partial charge >= 0.3 is 0 Å². The minimum absolute atomic E-state index is 0.0424. The molecule has 4 heteroatoms. The Bertz CT molecular complexity index is 894. The number of hydrogen-bond acceptors (Lipinski definition) is 2. The molecule has 24 heavy (non-hydrogen) atoms. The van der Waals surface area contributed by atoms with Crippen LogP contribution in [0.2, 0.25) is 0 Å². The third-order valence-corrected chi connectivity index (χ3v) is 3.94. The summed E-state index contributed by atoms with van der Waals surface area (Å²) in [5.41, 5.74) is 4.34. The van der Waals surface area contributed by atoms with Crippen LogP contribution in [0.15, 0.2) is 42.5 Å². The van der Waals surface area contributed by atoms with Crippen molar-refractivity contribution < 1.29 is 9.53 Å². The maximum atomic E-state index is 12.7. The Hall–Kier alpha value is -2.75. The molecule has 2 N–H and O–H groups in total. The first kappa shape index (κ1) is 16.1. The van der Waals surface area contributed by atoms with E-state index in [0.29, 0.717) is 17.1 Å². The number of aromatic nitrogens is 1. The molecule has 1 heterocycles. The molecule has 3 rings (SSSR count). The summed E-state index contributed by atoms with van der Waals surface area (Å²) in [5, 5.41) is 4.03. The zero-order valence-electron chi connectivity index (χ0n) is 14.4. The van der Waals surface area contributed by atoms with Gasteiger partial charge in [-0.1, -0.05) is 23.8 Å². The molecule has 0 aliphatic heterocycles.